The van der Waals surface area contributed by atoms with Crippen molar-refractivity contribution in [2.24, 2.45) is 5.92 Å². The van der Waals surface area contributed by atoms with Gasteiger partial charge in [-0.15, -0.1) is 12.4 Å². The van der Waals surface area contributed by atoms with Crippen LogP contribution in [0, 0.1) is 19.8 Å². The van der Waals surface area contributed by atoms with E-state index >= 15 is 0 Å². The van der Waals surface area contributed by atoms with Gasteiger partial charge < -0.3 is 5.32 Å². The number of benzene rings is 1. The highest BCUT2D eigenvalue weighted by Crippen LogP contribution is 2.51. The van der Waals surface area contributed by atoms with Crippen LogP contribution in [-0.2, 0) is 4.79 Å². The second kappa shape index (κ2) is 6.59. The number of hydrogen-bond donors (Lipinski definition) is 1. The molecule has 0 radical (unpaired) electrons. The van der Waals surface area contributed by atoms with E-state index in [0.717, 1.165) is 48.7 Å². The molecule has 0 aromatic heterocycles. The largest absolute Gasteiger partial charge is 0.324 e. The van der Waals surface area contributed by atoms with E-state index in [2.05, 4.69) is 43.1 Å². The molecule has 3 aliphatic rings. The molecule has 1 amide bonds. The number of nitrogens with zero attached hydrogens (tertiary/aromatic N) is 1. The molecule has 4 heteroatoms. The van der Waals surface area contributed by atoms with Crippen LogP contribution < -0.4 is 5.32 Å². The molecule has 4 rings (SSSR count). The molecule has 2 aliphatic heterocycles. The zero-order valence-electron chi connectivity index (χ0n) is 13.8. The summed E-state index contributed by atoms with van der Waals surface area (Å²) >= 11 is 0. The molecule has 0 spiro atoms. The topological polar surface area (TPSA) is 32.3 Å². The first-order chi connectivity index (χ1) is 10.1. The zero-order chi connectivity index (χ0) is 15.0. The van der Waals surface area contributed by atoms with Gasteiger partial charge >= 0.3 is 0 Å². The molecule has 122 valence electrons. The molecule has 1 N–H and O–H groups in total. The van der Waals surface area contributed by atoms with Crippen molar-refractivity contribution in [1.29, 1.82) is 0 Å². The number of aryl methyl sites for hydroxylation is 2. The molecule has 3 fully saturated rings. The van der Waals surface area contributed by atoms with E-state index in [9.17, 15) is 4.79 Å². The van der Waals surface area contributed by atoms with E-state index in [1.54, 1.807) is 0 Å². The van der Waals surface area contributed by atoms with E-state index < -0.39 is 0 Å². The quantitative estimate of drug-likeness (QED) is 0.891. The van der Waals surface area contributed by atoms with Crippen molar-refractivity contribution in [1.82, 2.24) is 4.90 Å². The van der Waals surface area contributed by atoms with Gasteiger partial charge in [0, 0.05) is 12.2 Å². The fraction of sp³-hybridized carbons (Fsp3) is 0.611. The minimum Gasteiger partial charge on any atom is -0.324 e. The lowest BCUT2D eigenvalue weighted by Gasteiger charge is -2.41. The highest BCUT2D eigenvalue weighted by atomic mass is 35.5. The van der Waals surface area contributed by atoms with Crippen LogP contribution in [0.1, 0.15) is 43.7 Å². The number of anilines is 1. The summed E-state index contributed by atoms with van der Waals surface area (Å²) in [6.45, 7) is 8.51. The second-order valence-corrected chi connectivity index (χ2v) is 6.83. The van der Waals surface area contributed by atoms with Crippen molar-refractivity contribution in [2.75, 3.05) is 18.4 Å². The Hall–Kier alpha value is -1.06. The van der Waals surface area contributed by atoms with E-state index in [4.69, 9.17) is 0 Å². The normalized spacial score (nSPS) is 26.2. The third-order valence-corrected chi connectivity index (χ3v) is 5.26. The van der Waals surface area contributed by atoms with Crippen molar-refractivity contribution in [3.05, 3.63) is 29.3 Å². The minimum absolute atomic E-state index is 0. The predicted molar refractivity (Wildman–Crippen MR) is 93.7 cm³/mol. The van der Waals surface area contributed by atoms with Gasteiger partial charge in [0.05, 0.1) is 0 Å². The van der Waals surface area contributed by atoms with Gasteiger partial charge in [0.15, 0.2) is 0 Å². The smallest absolute Gasteiger partial charge is 0.244 e. The lowest BCUT2D eigenvalue weighted by Crippen LogP contribution is -2.55. The molecular formula is C18H27ClN2O. The summed E-state index contributed by atoms with van der Waals surface area (Å²) in [6, 6.07) is 6.17. The standard InChI is InChI=1S/C18H26N2O.ClH/c1-4-5-9-20-12-15-10-18(20,11-15)17(21)19-16-13(2)7-6-8-14(16)3;/h6-8,15H,4-5,9-12H2,1-3H3,(H,19,21);1H. The summed E-state index contributed by atoms with van der Waals surface area (Å²) in [4.78, 5) is 15.3. The van der Waals surface area contributed by atoms with Crippen molar-refractivity contribution in [3.8, 4) is 0 Å². The van der Waals surface area contributed by atoms with Crippen LogP contribution in [0.2, 0.25) is 0 Å². The molecule has 0 atom stereocenters. The van der Waals surface area contributed by atoms with Crippen molar-refractivity contribution in [2.45, 2.75) is 52.0 Å². The maximum Gasteiger partial charge on any atom is 0.244 e. The summed E-state index contributed by atoms with van der Waals surface area (Å²) in [5.74, 6) is 0.954. The van der Waals surface area contributed by atoms with Crippen LogP contribution in [0.25, 0.3) is 0 Å². The van der Waals surface area contributed by atoms with Gasteiger partial charge in [-0.3, -0.25) is 9.69 Å². The molecule has 1 aromatic carbocycles. The van der Waals surface area contributed by atoms with Crippen LogP contribution >= 0.6 is 12.4 Å². The molecule has 2 saturated heterocycles. The maximum atomic E-state index is 12.9. The number of halogens is 1. The Bertz CT molecular complexity index is 532. The Labute approximate surface area is 139 Å². The molecule has 1 aromatic rings. The number of amides is 1. The van der Waals surface area contributed by atoms with Crippen LogP contribution in [-0.4, -0.2) is 29.4 Å². The minimum atomic E-state index is -0.214. The van der Waals surface area contributed by atoms with Gasteiger partial charge in [-0.2, -0.15) is 0 Å². The zero-order valence-corrected chi connectivity index (χ0v) is 14.6. The highest BCUT2D eigenvalue weighted by Gasteiger charge is 2.60. The molecule has 1 aliphatic carbocycles. The van der Waals surface area contributed by atoms with Gasteiger partial charge in [-0.1, -0.05) is 31.5 Å². The van der Waals surface area contributed by atoms with Gasteiger partial charge in [0.1, 0.15) is 5.54 Å². The summed E-state index contributed by atoms with van der Waals surface area (Å²) in [6.07, 6.45) is 4.47. The molecule has 22 heavy (non-hydrogen) atoms. The van der Waals surface area contributed by atoms with Crippen molar-refractivity contribution < 1.29 is 4.79 Å². The summed E-state index contributed by atoms with van der Waals surface area (Å²) in [5.41, 5.74) is 3.08. The lowest BCUT2D eigenvalue weighted by molar-refractivity contribution is -0.129. The number of carbonyl (C=O) groups is 1. The second-order valence-electron chi connectivity index (χ2n) is 6.83. The first-order valence-corrected chi connectivity index (χ1v) is 8.19. The highest BCUT2D eigenvalue weighted by molar-refractivity contribution is 6.00. The molecule has 1 saturated carbocycles. The van der Waals surface area contributed by atoms with E-state index in [0.29, 0.717) is 0 Å². The summed E-state index contributed by atoms with van der Waals surface area (Å²) < 4.78 is 0. The molecular weight excluding hydrogens is 296 g/mol. The average Bonchev–Trinajstić information content (AvgIpc) is 2.95. The summed E-state index contributed by atoms with van der Waals surface area (Å²) in [7, 11) is 0. The Kier molecular flexibility index (Phi) is 5.18. The predicted octanol–water partition coefficient (Wildman–Crippen LogP) is 3.93. The fourth-order valence-corrected chi connectivity index (χ4v) is 3.99. The number of unbranched alkanes of at least 4 members (excludes halogenated alkanes) is 1. The monoisotopic (exact) mass is 322 g/mol. The van der Waals surface area contributed by atoms with E-state index in [-0.39, 0.29) is 23.9 Å². The van der Waals surface area contributed by atoms with Crippen LogP contribution in [0.5, 0.6) is 0 Å². The number of fused-ring (bicyclic) bond motifs is 1. The van der Waals surface area contributed by atoms with Gasteiger partial charge in [0.25, 0.3) is 0 Å². The SMILES string of the molecule is CCCCN1CC2CC1(C(=O)Nc1c(C)cccc1C)C2.Cl. The van der Waals surface area contributed by atoms with Gasteiger partial charge in [-0.05, 0) is 56.7 Å². The number of para-hydroxylation sites is 1. The van der Waals surface area contributed by atoms with Crippen LogP contribution in [0.4, 0.5) is 5.69 Å². The summed E-state index contributed by atoms with van der Waals surface area (Å²) in [5, 5.41) is 3.22. The average molecular weight is 323 g/mol. The first-order valence-electron chi connectivity index (χ1n) is 8.19. The third kappa shape index (κ3) is 2.77. The Morgan fingerprint density at radius 3 is 2.55 bits per heavy atom. The molecule has 3 nitrogen and oxygen atoms in total. The van der Waals surface area contributed by atoms with E-state index in [1.807, 2.05) is 6.07 Å². The molecule has 2 bridgehead atoms. The van der Waals surface area contributed by atoms with Gasteiger partial charge in [-0.25, -0.2) is 0 Å². The first kappa shape index (κ1) is 17.3. The number of rotatable bonds is 5. The van der Waals surface area contributed by atoms with Crippen molar-refractivity contribution in [3.63, 3.8) is 0 Å². The Balaban J connectivity index is 0.00000176. The number of nitrogens with one attached hydrogen (secondary N) is 1. The van der Waals surface area contributed by atoms with Crippen LogP contribution in [0.15, 0.2) is 18.2 Å². The third-order valence-electron chi connectivity index (χ3n) is 5.26. The van der Waals surface area contributed by atoms with Crippen molar-refractivity contribution >= 4 is 24.0 Å². The number of carbonyl (C=O) groups excluding carboxylic acids is 1. The molecule has 2 heterocycles. The maximum absolute atomic E-state index is 12.9. The van der Waals surface area contributed by atoms with Crippen LogP contribution in [0.3, 0.4) is 0 Å². The fourth-order valence-electron chi connectivity index (χ4n) is 3.99. The van der Waals surface area contributed by atoms with E-state index in [1.165, 1.54) is 12.8 Å². The van der Waals surface area contributed by atoms with Gasteiger partial charge in [0.2, 0.25) is 5.91 Å². The Morgan fingerprint density at radius 1 is 1.32 bits per heavy atom. The lowest BCUT2D eigenvalue weighted by atomic mass is 9.72. The number of hydrogen-bond acceptors (Lipinski definition) is 2. The molecule has 0 unspecified atom stereocenters. The Morgan fingerprint density at radius 2 is 1.95 bits per heavy atom.